The van der Waals surface area contributed by atoms with Gasteiger partial charge in [-0.05, 0) is 52.2 Å². The van der Waals surface area contributed by atoms with Crippen molar-refractivity contribution < 1.29 is 13.7 Å². The van der Waals surface area contributed by atoms with Crippen LogP contribution in [0.5, 0.6) is 0 Å². The van der Waals surface area contributed by atoms with Gasteiger partial charge in [-0.1, -0.05) is 6.07 Å². The molecule has 0 aliphatic carbocycles. The van der Waals surface area contributed by atoms with Gasteiger partial charge in [0.1, 0.15) is 10.6 Å². The molecule has 0 N–H and O–H groups in total. The van der Waals surface area contributed by atoms with Crippen LogP contribution in [-0.2, 0) is 15.5 Å². The quantitative estimate of drug-likeness (QED) is 0.857. The first-order valence-electron chi connectivity index (χ1n) is 7.66. The Hall–Kier alpha value is -1.43. The van der Waals surface area contributed by atoms with Crippen LogP contribution in [0, 0.1) is 0 Å². The molecule has 0 saturated carbocycles. The Morgan fingerprint density at radius 3 is 2.82 bits per heavy atom. The van der Waals surface area contributed by atoms with Crippen LogP contribution in [-0.4, -0.2) is 44.1 Å². The van der Waals surface area contributed by atoms with Gasteiger partial charge in [0.05, 0.1) is 16.6 Å². The Balaban J connectivity index is 2.04. The van der Waals surface area contributed by atoms with Crippen molar-refractivity contribution in [3.63, 3.8) is 0 Å². The second-order valence-corrected chi connectivity index (χ2v) is 7.95. The van der Waals surface area contributed by atoms with E-state index in [0.717, 1.165) is 19.3 Å². The summed E-state index contributed by atoms with van der Waals surface area (Å²) in [6.45, 7) is 6.24. The van der Waals surface area contributed by atoms with Gasteiger partial charge < -0.3 is 9.64 Å². The second-order valence-electron chi connectivity index (χ2n) is 6.50. The minimum absolute atomic E-state index is 0.0496. The number of piperidine rings is 1. The highest BCUT2D eigenvalue weighted by Crippen LogP contribution is 2.22. The molecule has 2 atom stereocenters. The number of aromatic nitrogens is 1. The number of hydrogen-bond donors (Lipinski definition) is 0. The highest BCUT2D eigenvalue weighted by atomic mass is 32.2. The molecule has 0 bridgehead atoms. The molecule has 2 rings (SSSR count). The lowest BCUT2D eigenvalue weighted by atomic mass is 10.0. The molecule has 2 heterocycles. The Morgan fingerprint density at radius 2 is 2.18 bits per heavy atom. The number of pyridine rings is 1. The van der Waals surface area contributed by atoms with Gasteiger partial charge in [-0.15, -0.1) is 0 Å². The Bertz CT molecular complexity index is 528. The predicted octanol–water partition coefficient (Wildman–Crippen LogP) is 2.98. The molecule has 1 aliphatic rings. The topological polar surface area (TPSA) is 59.5 Å². The summed E-state index contributed by atoms with van der Waals surface area (Å²) in [5.74, 6) is 0.413. The zero-order chi connectivity index (χ0) is 16.2. The molecule has 0 aromatic carbocycles. The van der Waals surface area contributed by atoms with Crippen LogP contribution in [0.4, 0.5) is 4.79 Å². The molecule has 5 nitrogen and oxygen atoms in total. The third-order valence-electron chi connectivity index (χ3n) is 3.47. The fourth-order valence-corrected chi connectivity index (χ4v) is 3.75. The normalized spacial score (nSPS) is 20.5. The largest absolute Gasteiger partial charge is 0.444 e. The van der Waals surface area contributed by atoms with E-state index >= 15 is 0 Å². The van der Waals surface area contributed by atoms with Crippen molar-refractivity contribution in [1.29, 1.82) is 0 Å². The van der Waals surface area contributed by atoms with Crippen molar-refractivity contribution in [3.05, 3.63) is 24.4 Å². The predicted molar refractivity (Wildman–Crippen MR) is 86.1 cm³/mol. The van der Waals surface area contributed by atoms with Crippen LogP contribution in [0.1, 0.15) is 40.0 Å². The Kier molecular flexibility index (Phi) is 5.56. The van der Waals surface area contributed by atoms with E-state index in [0.29, 0.717) is 17.3 Å². The lowest BCUT2D eigenvalue weighted by Gasteiger charge is -2.36. The van der Waals surface area contributed by atoms with E-state index in [1.807, 2.05) is 26.8 Å². The molecule has 0 radical (unpaired) electrons. The summed E-state index contributed by atoms with van der Waals surface area (Å²) in [4.78, 5) is 18.2. The van der Waals surface area contributed by atoms with E-state index in [1.54, 1.807) is 23.2 Å². The van der Waals surface area contributed by atoms with E-state index in [2.05, 4.69) is 4.98 Å². The molecule has 1 saturated heterocycles. The van der Waals surface area contributed by atoms with Crippen molar-refractivity contribution in [2.75, 3.05) is 12.3 Å². The number of rotatable bonds is 3. The minimum Gasteiger partial charge on any atom is -0.444 e. The van der Waals surface area contributed by atoms with Crippen LogP contribution < -0.4 is 0 Å². The maximum Gasteiger partial charge on any atom is 0.410 e. The van der Waals surface area contributed by atoms with Gasteiger partial charge in [-0.2, -0.15) is 0 Å². The third kappa shape index (κ3) is 4.80. The van der Waals surface area contributed by atoms with Gasteiger partial charge in [0.25, 0.3) is 0 Å². The van der Waals surface area contributed by atoms with Crippen molar-refractivity contribution in [1.82, 2.24) is 9.88 Å². The van der Waals surface area contributed by atoms with Gasteiger partial charge in [-0.3, -0.25) is 4.21 Å². The lowest BCUT2D eigenvalue weighted by Crippen LogP contribution is -2.48. The molecule has 122 valence electrons. The van der Waals surface area contributed by atoms with Crippen molar-refractivity contribution in [2.24, 2.45) is 0 Å². The maximum atomic E-state index is 12.4. The van der Waals surface area contributed by atoms with Gasteiger partial charge in [0.15, 0.2) is 0 Å². The van der Waals surface area contributed by atoms with E-state index in [1.165, 1.54) is 0 Å². The fourth-order valence-electron chi connectivity index (χ4n) is 2.48. The number of carbonyl (C=O) groups excluding carboxylic acids is 1. The highest BCUT2D eigenvalue weighted by molar-refractivity contribution is 7.85. The fraction of sp³-hybridized carbons (Fsp3) is 0.625. The van der Waals surface area contributed by atoms with Crippen LogP contribution in [0.15, 0.2) is 29.4 Å². The summed E-state index contributed by atoms with van der Waals surface area (Å²) in [7, 11) is -1.20. The molecule has 1 amide bonds. The first-order valence-corrected chi connectivity index (χ1v) is 8.98. The summed E-state index contributed by atoms with van der Waals surface area (Å²) in [6.07, 6.45) is 4.20. The zero-order valence-electron chi connectivity index (χ0n) is 13.4. The number of likely N-dealkylation sites (tertiary alicyclic amines) is 1. The summed E-state index contributed by atoms with van der Waals surface area (Å²) in [5, 5.41) is 0.567. The molecule has 6 heteroatoms. The SMILES string of the molecule is CC(C)(C)OC(=O)N1CCCC[C@H]1C[S@](=O)c1ccccn1. The van der Waals surface area contributed by atoms with Crippen LogP contribution in [0.2, 0.25) is 0 Å². The van der Waals surface area contributed by atoms with Gasteiger partial charge in [0, 0.05) is 18.8 Å². The summed E-state index contributed by atoms with van der Waals surface area (Å²) < 4.78 is 17.9. The summed E-state index contributed by atoms with van der Waals surface area (Å²) >= 11 is 0. The smallest absolute Gasteiger partial charge is 0.410 e. The van der Waals surface area contributed by atoms with Gasteiger partial charge >= 0.3 is 6.09 Å². The standard InChI is InChI=1S/C16H24N2O3S/c1-16(2,3)21-15(19)18-11-7-5-8-13(18)12-22(20)14-9-4-6-10-17-14/h4,6,9-10,13H,5,7-8,11-12H2,1-3H3/t13-,22-/m0/s1. The van der Waals surface area contributed by atoms with E-state index < -0.39 is 16.4 Å². The van der Waals surface area contributed by atoms with Crippen LogP contribution in [0.25, 0.3) is 0 Å². The molecule has 0 unspecified atom stereocenters. The van der Waals surface area contributed by atoms with Crippen molar-refractivity contribution in [3.8, 4) is 0 Å². The Labute approximate surface area is 134 Å². The van der Waals surface area contributed by atoms with E-state index in [-0.39, 0.29) is 12.1 Å². The zero-order valence-corrected chi connectivity index (χ0v) is 14.3. The first kappa shape index (κ1) is 16.9. The molecular formula is C16H24N2O3S. The minimum atomic E-state index is -1.20. The second kappa shape index (κ2) is 7.22. The summed E-state index contributed by atoms with van der Waals surface area (Å²) in [6, 6.07) is 5.34. The van der Waals surface area contributed by atoms with Crippen LogP contribution in [0.3, 0.4) is 0 Å². The van der Waals surface area contributed by atoms with E-state index in [9.17, 15) is 9.00 Å². The molecular weight excluding hydrogens is 300 g/mol. The average Bonchev–Trinajstić information content (AvgIpc) is 2.47. The number of amides is 1. The van der Waals surface area contributed by atoms with E-state index in [4.69, 9.17) is 4.74 Å². The molecule has 22 heavy (non-hydrogen) atoms. The van der Waals surface area contributed by atoms with Crippen LogP contribution >= 0.6 is 0 Å². The number of carbonyl (C=O) groups is 1. The van der Waals surface area contributed by atoms with Gasteiger partial charge in [0.2, 0.25) is 0 Å². The molecule has 1 fully saturated rings. The first-order chi connectivity index (χ1) is 10.4. The van der Waals surface area contributed by atoms with Crippen molar-refractivity contribution >= 4 is 16.9 Å². The highest BCUT2D eigenvalue weighted by Gasteiger charge is 2.31. The Morgan fingerprint density at radius 1 is 1.41 bits per heavy atom. The maximum absolute atomic E-state index is 12.4. The molecule has 1 aromatic heterocycles. The number of hydrogen-bond acceptors (Lipinski definition) is 4. The van der Waals surface area contributed by atoms with Gasteiger partial charge in [-0.25, -0.2) is 9.78 Å². The summed E-state index contributed by atoms with van der Waals surface area (Å²) in [5.41, 5.74) is -0.515. The third-order valence-corrected chi connectivity index (χ3v) is 4.87. The molecule has 0 spiro atoms. The average molecular weight is 324 g/mol. The molecule has 1 aromatic rings. The number of ether oxygens (including phenoxy) is 1. The lowest BCUT2D eigenvalue weighted by molar-refractivity contribution is 0.0125. The molecule has 1 aliphatic heterocycles. The van der Waals surface area contributed by atoms with Crippen molar-refractivity contribution in [2.45, 2.75) is 56.7 Å². The monoisotopic (exact) mass is 324 g/mol. The number of nitrogens with zero attached hydrogens (tertiary/aromatic N) is 2.